The number of alkyl halides is 3. The maximum absolute atomic E-state index is 12.9. The van der Waals surface area contributed by atoms with Crippen molar-refractivity contribution in [3.8, 4) is 0 Å². The Balaban J connectivity index is 1.49. The van der Waals surface area contributed by atoms with E-state index in [1.165, 1.54) is 0 Å². The molecule has 10 heteroatoms. The van der Waals surface area contributed by atoms with Gasteiger partial charge in [-0.3, -0.25) is 4.79 Å². The summed E-state index contributed by atoms with van der Waals surface area (Å²) in [6, 6.07) is 8.98. The van der Waals surface area contributed by atoms with E-state index < -0.39 is 21.8 Å². The number of nitrogens with zero attached hydrogens (tertiary/aromatic N) is 2. The third-order valence-corrected chi connectivity index (χ3v) is 7.11. The number of aromatic nitrogens is 1. The Morgan fingerprint density at radius 2 is 1.87 bits per heavy atom. The average molecular weight is 451 g/mol. The second-order valence-electron chi connectivity index (χ2n) is 7.54. The van der Waals surface area contributed by atoms with Crippen LogP contribution >= 0.6 is 0 Å². The van der Waals surface area contributed by atoms with Crippen molar-refractivity contribution in [1.82, 2.24) is 9.29 Å². The zero-order chi connectivity index (χ0) is 22.2. The van der Waals surface area contributed by atoms with Gasteiger partial charge in [0, 0.05) is 19.0 Å². The standard InChI is InChI=1S/C21H20F3N3O3S/c22-21(23,24)16-3-1-4-17(13-16)31(29,30)27-11-9-14(10-12-27)18-5-2-6-19(25-18)26-20(28)15-7-8-15/h1-6,9,13,15H,7-8,10-12H2,(H,25,26,28). The largest absolute Gasteiger partial charge is 0.416 e. The lowest BCUT2D eigenvalue weighted by atomic mass is 10.1. The molecule has 6 nitrogen and oxygen atoms in total. The molecule has 1 aromatic carbocycles. The third kappa shape index (κ3) is 4.80. The first kappa shape index (κ1) is 21.5. The summed E-state index contributed by atoms with van der Waals surface area (Å²) in [7, 11) is -4.07. The van der Waals surface area contributed by atoms with Crippen molar-refractivity contribution in [2.24, 2.45) is 5.92 Å². The number of nitrogens with one attached hydrogen (secondary N) is 1. The highest BCUT2D eigenvalue weighted by atomic mass is 32.2. The molecule has 0 spiro atoms. The van der Waals surface area contributed by atoms with Crippen LogP contribution in [0.25, 0.3) is 5.57 Å². The summed E-state index contributed by atoms with van der Waals surface area (Å²) in [5.41, 5.74) is 0.443. The third-order valence-electron chi connectivity index (χ3n) is 5.25. The molecule has 0 bridgehead atoms. The van der Waals surface area contributed by atoms with Crippen LogP contribution in [0.3, 0.4) is 0 Å². The normalized spacial score (nSPS) is 17.8. The monoisotopic (exact) mass is 451 g/mol. The fraction of sp³-hybridized carbons (Fsp3) is 0.333. The van der Waals surface area contributed by atoms with Crippen LogP contribution in [-0.4, -0.2) is 36.7 Å². The second-order valence-corrected chi connectivity index (χ2v) is 9.48. The Hall–Kier alpha value is -2.72. The molecule has 0 atom stereocenters. The molecular formula is C21H20F3N3O3S. The number of halogens is 3. The molecule has 0 unspecified atom stereocenters. The predicted molar refractivity (Wildman–Crippen MR) is 108 cm³/mol. The summed E-state index contributed by atoms with van der Waals surface area (Å²) in [6.45, 7) is 0.138. The first-order chi connectivity index (χ1) is 14.6. The van der Waals surface area contributed by atoms with Crippen molar-refractivity contribution in [1.29, 1.82) is 0 Å². The second kappa shape index (κ2) is 8.08. The summed E-state index contributed by atoms with van der Waals surface area (Å²) in [4.78, 5) is 16.0. The van der Waals surface area contributed by atoms with E-state index in [9.17, 15) is 26.4 Å². The SMILES string of the molecule is O=C(Nc1cccc(C2=CCN(S(=O)(=O)c3cccc(C(F)(F)F)c3)CC2)n1)C1CC1. The van der Waals surface area contributed by atoms with E-state index in [0.29, 0.717) is 24.0 Å². The van der Waals surface area contributed by atoms with Gasteiger partial charge in [0.25, 0.3) is 0 Å². The molecule has 0 radical (unpaired) electrons. The van der Waals surface area contributed by atoms with Crippen LogP contribution in [-0.2, 0) is 21.0 Å². The van der Waals surface area contributed by atoms with Crippen LogP contribution in [0.15, 0.2) is 53.4 Å². The minimum atomic E-state index is -4.62. The van der Waals surface area contributed by atoms with Crippen molar-refractivity contribution in [2.45, 2.75) is 30.3 Å². The van der Waals surface area contributed by atoms with Gasteiger partial charge in [-0.2, -0.15) is 17.5 Å². The zero-order valence-electron chi connectivity index (χ0n) is 16.4. The summed E-state index contributed by atoms with van der Waals surface area (Å²) < 4.78 is 65.6. The van der Waals surface area contributed by atoms with Crippen LogP contribution in [0.2, 0.25) is 0 Å². The number of sulfonamides is 1. The van der Waals surface area contributed by atoms with Crippen molar-refractivity contribution in [3.63, 3.8) is 0 Å². The molecule has 2 aliphatic rings. The average Bonchev–Trinajstić information content (AvgIpc) is 3.59. The van der Waals surface area contributed by atoms with Gasteiger partial charge in [0.05, 0.1) is 16.2 Å². The molecule has 2 heterocycles. The lowest BCUT2D eigenvalue weighted by Gasteiger charge is -2.26. The molecule has 1 saturated carbocycles. The van der Waals surface area contributed by atoms with Gasteiger partial charge >= 0.3 is 6.18 Å². The minimum absolute atomic E-state index is 0.0221. The number of carbonyl (C=O) groups is 1. The van der Waals surface area contributed by atoms with E-state index in [0.717, 1.165) is 40.9 Å². The van der Waals surface area contributed by atoms with Gasteiger partial charge in [0.1, 0.15) is 5.82 Å². The fourth-order valence-electron chi connectivity index (χ4n) is 3.34. The smallest absolute Gasteiger partial charge is 0.310 e. The van der Waals surface area contributed by atoms with Crippen LogP contribution in [0, 0.1) is 5.92 Å². The van der Waals surface area contributed by atoms with E-state index >= 15 is 0 Å². The molecule has 1 N–H and O–H groups in total. The Labute approximate surface area is 177 Å². The van der Waals surface area contributed by atoms with E-state index in [2.05, 4.69) is 10.3 Å². The zero-order valence-corrected chi connectivity index (χ0v) is 17.2. The number of hydrogen-bond donors (Lipinski definition) is 1. The van der Waals surface area contributed by atoms with Crippen molar-refractivity contribution < 1.29 is 26.4 Å². The van der Waals surface area contributed by atoms with Crippen molar-refractivity contribution >= 4 is 27.3 Å². The summed E-state index contributed by atoms with van der Waals surface area (Å²) in [5, 5.41) is 2.78. The van der Waals surface area contributed by atoms with Gasteiger partial charge in [0.2, 0.25) is 15.9 Å². The fourth-order valence-corrected chi connectivity index (χ4v) is 4.77. The van der Waals surface area contributed by atoms with E-state index in [4.69, 9.17) is 0 Å². The topological polar surface area (TPSA) is 79.4 Å². The van der Waals surface area contributed by atoms with Crippen LogP contribution in [0.1, 0.15) is 30.5 Å². The van der Waals surface area contributed by atoms with Crippen molar-refractivity contribution in [2.75, 3.05) is 18.4 Å². The minimum Gasteiger partial charge on any atom is -0.310 e. The summed E-state index contributed by atoms with van der Waals surface area (Å²) >= 11 is 0. The lowest BCUT2D eigenvalue weighted by Crippen LogP contribution is -2.34. The predicted octanol–water partition coefficient (Wildman–Crippen LogP) is 3.93. The van der Waals surface area contributed by atoms with Gasteiger partial charge in [0.15, 0.2) is 0 Å². The number of benzene rings is 1. The molecule has 1 aromatic heterocycles. The van der Waals surface area contributed by atoms with E-state index in [1.54, 1.807) is 24.3 Å². The molecule has 1 fully saturated rings. The van der Waals surface area contributed by atoms with E-state index in [1.807, 2.05) is 0 Å². The molecule has 31 heavy (non-hydrogen) atoms. The highest BCUT2D eigenvalue weighted by molar-refractivity contribution is 7.89. The number of pyridine rings is 1. The van der Waals surface area contributed by atoms with Gasteiger partial charge in [-0.05, 0) is 55.2 Å². The number of hydrogen-bond acceptors (Lipinski definition) is 4. The number of anilines is 1. The lowest BCUT2D eigenvalue weighted by molar-refractivity contribution is -0.137. The van der Waals surface area contributed by atoms with Gasteiger partial charge in [-0.1, -0.05) is 18.2 Å². The first-order valence-corrected chi connectivity index (χ1v) is 11.2. The maximum atomic E-state index is 12.9. The van der Waals surface area contributed by atoms with Crippen molar-refractivity contribution in [3.05, 3.63) is 59.8 Å². The Bertz CT molecular complexity index is 1140. The Kier molecular flexibility index (Phi) is 5.61. The summed E-state index contributed by atoms with van der Waals surface area (Å²) in [6.07, 6.45) is -0.805. The Morgan fingerprint density at radius 3 is 2.52 bits per heavy atom. The van der Waals surface area contributed by atoms with E-state index in [-0.39, 0.29) is 29.8 Å². The number of carbonyl (C=O) groups excluding carboxylic acids is 1. The van der Waals surface area contributed by atoms with Crippen LogP contribution < -0.4 is 5.32 Å². The molecule has 1 aliphatic heterocycles. The molecule has 0 saturated heterocycles. The Morgan fingerprint density at radius 1 is 1.13 bits per heavy atom. The highest BCUT2D eigenvalue weighted by Crippen LogP contribution is 2.32. The quantitative estimate of drug-likeness (QED) is 0.747. The maximum Gasteiger partial charge on any atom is 0.416 e. The molecular weight excluding hydrogens is 431 g/mol. The highest BCUT2D eigenvalue weighted by Gasteiger charge is 2.33. The molecule has 1 amide bonds. The number of rotatable bonds is 5. The van der Waals surface area contributed by atoms with Gasteiger partial charge < -0.3 is 5.32 Å². The molecule has 4 rings (SSSR count). The first-order valence-electron chi connectivity index (χ1n) is 9.79. The van der Waals surface area contributed by atoms with Gasteiger partial charge in [-0.15, -0.1) is 0 Å². The van der Waals surface area contributed by atoms with Crippen LogP contribution in [0.4, 0.5) is 19.0 Å². The molecule has 1 aliphatic carbocycles. The van der Waals surface area contributed by atoms with Gasteiger partial charge in [-0.25, -0.2) is 13.4 Å². The van der Waals surface area contributed by atoms with Crippen LogP contribution in [0.5, 0.6) is 0 Å². The molecule has 164 valence electrons. The molecule has 2 aromatic rings. The summed E-state index contributed by atoms with van der Waals surface area (Å²) in [5.74, 6) is 0.434. The number of amides is 1.